The van der Waals surface area contributed by atoms with Gasteiger partial charge in [-0.1, -0.05) is 18.2 Å². The Bertz CT molecular complexity index is 1180. The standard InChI is InChI=1S/C22H21FN2O6S/c1-15(21(26)24-13-16-7-9-18(23)10-8-16)31-22(27)17-4-2-6-20(12-17)32(28,29)25-14-19-5-3-11-30-19/h2-12,15,25H,13-14H2,1H3,(H,24,26). The number of hydrogen-bond acceptors (Lipinski definition) is 6. The van der Waals surface area contributed by atoms with Crippen molar-refractivity contribution in [1.82, 2.24) is 10.0 Å². The highest BCUT2D eigenvalue weighted by Crippen LogP contribution is 2.14. The van der Waals surface area contributed by atoms with Gasteiger partial charge in [-0.15, -0.1) is 0 Å². The Balaban J connectivity index is 1.58. The molecule has 1 amide bonds. The number of carbonyl (C=O) groups is 2. The minimum atomic E-state index is -3.90. The maximum atomic E-state index is 12.9. The van der Waals surface area contributed by atoms with Crippen molar-refractivity contribution in [3.8, 4) is 0 Å². The number of esters is 1. The number of hydrogen-bond donors (Lipinski definition) is 2. The molecule has 3 aromatic rings. The van der Waals surface area contributed by atoms with Crippen LogP contribution < -0.4 is 10.0 Å². The largest absolute Gasteiger partial charge is 0.468 e. The fourth-order valence-electron chi connectivity index (χ4n) is 2.67. The normalized spacial score (nSPS) is 12.2. The Labute approximate surface area is 184 Å². The molecule has 1 atom stereocenters. The van der Waals surface area contributed by atoms with Crippen LogP contribution in [0.3, 0.4) is 0 Å². The van der Waals surface area contributed by atoms with Crippen LogP contribution in [0.15, 0.2) is 76.2 Å². The van der Waals surface area contributed by atoms with Crippen molar-refractivity contribution in [3.63, 3.8) is 0 Å². The van der Waals surface area contributed by atoms with Crippen molar-refractivity contribution in [2.24, 2.45) is 0 Å². The van der Waals surface area contributed by atoms with Crippen LogP contribution in [0, 0.1) is 5.82 Å². The van der Waals surface area contributed by atoms with Gasteiger partial charge in [0.2, 0.25) is 10.0 Å². The Morgan fingerprint density at radius 3 is 2.50 bits per heavy atom. The number of rotatable bonds is 9. The summed E-state index contributed by atoms with van der Waals surface area (Å²) in [6.07, 6.45) is 0.303. The summed E-state index contributed by atoms with van der Waals surface area (Å²) in [5, 5.41) is 2.59. The molecule has 0 aliphatic rings. The number of sulfonamides is 1. The third kappa shape index (κ3) is 6.25. The summed E-state index contributed by atoms with van der Waals surface area (Å²) in [7, 11) is -3.90. The number of halogens is 1. The van der Waals surface area contributed by atoms with Crippen molar-refractivity contribution in [2.45, 2.75) is 31.0 Å². The predicted molar refractivity (Wildman–Crippen MR) is 112 cm³/mol. The lowest BCUT2D eigenvalue weighted by atomic mass is 10.2. The minimum Gasteiger partial charge on any atom is -0.468 e. The van der Waals surface area contributed by atoms with E-state index in [-0.39, 0.29) is 29.4 Å². The molecule has 8 nitrogen and oxygen atoms in total. The summed E-state index contributed by atoms with van der Waals surface area (Å²) in [6, 6.07) is 14.1. The molecule has 2 aromatic carbocycles. The van der Waals surface area contributed by atoms with Gasteiger partial charge < -0.3 is 14.5 Å². The lowest BCUT2D eigenvalue weighted by molar-refractivity contribution is -0.129. The minimum absolute atomic E-state index is 0.0240. The van der Waals surface area contributed by atoms with Gasteiger partial charge in [0.25, 0.3) is 5.91 Å². The fraction of sp³-hybridized carbons (Fsp3) is 0.182. The van der Waals surface area contributed by atoms with Crippen LogP contribution in [0.1, 0.15) is 28.6 Å². The molecule has 0 aliphatic carbocycles. The van der Waals surface area contributed by atoms with Crippen LogP contribution in [-0.2, 0) is 32.6 Å². The molecule has 0 fully saturated rings. The highest BCUT2D eigenvalue weighted by molar-refractivity contribution is 7.89. The van der Waals surface area contributed by atoms with Crippen molar-refractivity contribution >= 4 is 21.9 Å². The Kier molecular flexibility index (Phi) is 7.39. The number of amides is 1. The lowest BCUT2D eigenvalue weighted by Gasteiger charge is -2.14. The van der Waals surface area contributed by atoms with Crippen molar-refractivity contribution in [2.75, 3.05) is 0 Å². The second-order valence-corrected chi connectivity index (χ2v) is 8.59. The molecule has 3 rings (SSSR count). The molecule has 10 heteroatoms. The molecular formula is C22H21FN2O6S. The van der Waals surface area contributed by atoms with E-state index in [0.29, 0.717) is 11.3 Å². The van der Waals surface area contributed by atoms with Gasteiger partial charge in [0.05, 0.1) is 23.3 Å². The molecule has 0 bridgehead atoms. The van der Waals surface area contributed by atoms with E-state index < -0.39 is 28.0 Å². The number of furan rings is 1. The highest BCUT2D eigenvalue weighted by atomic mass is 32.2. The third-order valence-corrected chi connectivity index (χ3v) is 5.83. The van der Waals surface area contributed by atoms with E-state index in [1.54, 1.807) is 12.1 Å². The van der Waals surface area contributed by atoms with E-state index in [0.717, 1.165) is 6.07 Å². The summed E-state index contributed by atoms with van der Waals surface area (Å²) in [4.78, 5) is 24.5. The van der Waals surface area contributed by atoms with Crippen LogP contribution in [-0.4, -0.2) is 26.4 Å². The zero-order valence-corrected chi connectivity index (χ0v) is 17.9. The van der Waals surface area contributed by atoms with Crippen LogP contribution in [0.5, 0.6) is 0 Å². The summed E-state index contributed by atoms with van der Waals surface area (Å²) >= 11 is 0. The van der Waals surface area contributed by atoms with Crippen LogP contribution in [0.25, 0.3) is 0 Å². The number of benzene rings is 2. The summed E-state index contributed by atoms with van der Waals surface area (Å²) in [5.41, 5.74) is 0.655. The van der Waals surface area contributed by atoms with Gasteiger partial charge in [-0.05, 0) is 55.0 Å². The van der Waals surface area contributed by atoms with Crippen molar-refractivity contribution < 1.29 is 31.6 Å². The zero-order chi connectivity index (χ0) is 23.1. The number of carbonyl (C=O) groups excluding carboxylic acids is 2. The maximum absolute atomic E-state index is 12.9. The van der Waals surface area contributed by atoms with Crippen molar-refractivity contribution in [3.05, 3.63) is 89.6 Å². The van der Waals surface area contributed by atoms with Gasteiger partial charge in [-0.25, -0.2) is 22.3 Å². The lowest BCUT2D eigenvalue weighted by Crippen LogP contribution is -2.35. The average Bonchev–Trinajstić information content (AvgIpc) is 3.31. The summed E-state index contributed by atoms with van der Waals surface area (Å²) < 4.78 is 50.5. The second kappa shape index (κ2) is 10.2. The molecule has 0 aliphatic heterocycles. The molecule has 1 unspecified atom stereocenters. The first kappa shape index (κ1) is 23.2. The third-order valence-electron chi connectivity index (χ3n) is 4.43. The van der Waals surface area contributed by atoms with E-state index in [2.05, 4.69) is 10.0 Å². The molecule has 2 N–H and O–H groups in total. The van der Waals surface area contributed by atoms with E-state index >= 15 is 0 Å². The van der Waals surface area contributed by atoms with Crippen LogP contribution in [0.2, 0.25) is 0 Å². The van der Waals surface area contributed by atoms with Gasteiger partial charge in [-0.3, -0.25) is 4.79 Å². The van der Waals surface area contributed by atoms with Crippen molar-refractivity contribution in [1.29, 1.82) is 0 Å². The van der Waals surface area contributed by atoms with E-state index in [4.69, 9.17) is 9.15 Å². The average molecular weight is 460 g/mol. The zero-order valence-electron chi connectivity index (χ0n) is 17.1. The molecule has 168 valence electrons. The molecular weight excluding hydrogens is 439 g/mol. The number of ether oxygens (including phenoxy) is 1. The van der Waals surface area contributed by atoms with E-state index in [1.165, 1.54) is 55.7 Å². The molecule has 0 saturated carbocycles. The summed E-state index contributed by atoms with van der Waals surface area (Å²) in [5.74, 6) is -1.35. The smallest absolute Gasteiger partial charge is 0.338 e. The van der Waals surface area contributed by atoms with Gasteiger partial charge in [0.1, 0.15) is 11.6 Å². The maximum Gasteiger partial charge on any atom is 0.338 e. The topological polar surface area (TPSA) is 115 Å². The quantitative estimate of drug-likeness (QED) is 0.475. The fourth-order valence-corrected chi connectivity index (χ4v) is 3.71. The molecule has 1 aromatic heterocycles. The molecule has 32 heavy (non-hydrogen) atoms. The van der Waals surface area contributed by atoms with E-state index in [9.17, 15) is 22.4 Å². The first-order valence-electron chi connectivity index (χ1n) is 9.60. The predicted octanol–water partition coefficient (Wildman–Crippen LogP) is 2.76. The first-order chi connectivity index (χ1) is 15.2. The Morgan fingerprint density at radius 2 is 1.81 bits per heavy atom. The van der Waals surface area contributed by atoms with Crippen LogP contribution >= 0.6 is 0 Å². The summed E-state index contributed by atoms with van der Waals surface area (Å²) in [6.45, 7) is 1.48. The first-order valence-corrected chi connectivity index (χ1v) is 11.1. The highest BCUT2D eigenvalue weighted by Gasteiger charge is 2.21. The van der Waals surface area contributed by atoms with Gasteiger partial charge in [0.15, 0.2) is 6.10 Å². The second-order valence-electron chi connectivity index (χ2n) is 6.82. The molecule has 0 saturated heterocycles. The Hall–Kier alpha value is -3.50. The van der Waals surface area contributed by atoms with Gasteiger partial charge in [-0.2, -0.15) is 0 Å². The van der Waals surface area contributed by atoms with Gasteiger partial charge in [0, 0.05) is 6.54 Å². The molecule has 0 radical (unpaired) electrons. The molecule has 0 spiro atoms. The van der Waals surface area contributed by atoms with E-state index in [1.807, 2.05) is 0 Å². The Morgan fingerprint density at radius 1 is 1.06 bits per heavy atom. The number of nitrogens with one attached hydrogen (secondary N) is 2. The monoisotopic (exact) mass is 460 g/mol. The SMILES string of the molecule is CC(OC(=O)c1cccc(S(=O)(=O)NCc2ccco2)c1)C(=O)NCc1ccc(F)cc1. The van der Waals surface area contributed by atoms with Crippen LogP contribution in [0.4, 0.5) is 4.39 Å². The van der Waals surface area contributed by atoms with Gasteiger partial charge >= 0.3 is 5.97 Å². The molecule has 1 heterocycles.